The molecule has 36 heavy (non-hydrogen) atoms. The summed E-state index contributed by atoms with van der Waals surface area (Å²) in [6.45, 7) is 2.70. The minimum absolute atomic E-state index is 0.194. The van der Waals surface area contributed by atoms with Gasteiger partial charge in [-0.05, 0) is 60.7 Å². The van der Waals surface area contributed by atoms with Crippen molar-refractivity contribution < 1.29 is 4.39 Å². The topological polar surface area (TPSA) is 59.2 Å². The van der Waals surface area contributed by atoms with Crippen LogP contribution < -0.4 is 15.4 Å². The van der Waals surface area contributed by atoms with E-state index in [0.29, 0.717) is 53.9 Å². The molecule has 1 saturated heterocycles. The van der Waals surface area contributed by atoms with Crippen molar-refractivity contribution in [2.24, 2.45) is 0 Å². The lowest BCUT2D eigenvalue weighted by atomic mass is 10.2. The van der Waals surface area contributed by atoms with Crippen molar-refractivity contribution in [1.82, 2.24) is 19.3 Å². The monoisotopic (exact) mass is 500 g/mol. The molecule has 0 saturated carbocycles. The zero-order chi connectivity index (χ0) is 24.6. The highest BCUT2D eigenvalue weighted by Crippen LogP contribution is 2.25. The Morgan fingerprint density at radius 1 is 0.750 bits per heavy atom. The van der Waals surface area contributed by atoms with Crippen LogP contribution in [0.5, 0.6) is 0 Å². The van der Waals surface area contributed by atoms with Crippen LogP contribution in [0.2, 0.25) is 5.02 Å². The number of piperazine rings is 1. The van der Waals surface area contributed by atoms with Gasteiger partial charge in [0.15, 0.2) is 5.65 Å². The first-order chi connectivity index (χ1) is 17.6. The number of nitrogens with zero attached hydrogens (tertiary/aromatic N) is 6. The van der Waals surface area contributed by atoms with Crippen LogP contribution in [0.4, 0.5) is 16.0 Å². The molecule has 180 valence electrons. The van der Waals surface area contributed by atoms with Crippen LogP contribution in [0.15, 0.2) is 89.9 Å². The first-order valence-corrected chi connectivity index (χ1v) is 12.0. The highest BCUT2D eigenvalue weighted by atomic mass is 35.5. The van der Waals surface area contributed by atoms with E-state index >= 15 is 0 Å². The average Bonchev–Trinajstić information content (AvgIpc) is 3.35. The number of benzene rings is 3. The number of para-hydroxylation sites is 1. The maximum absolute atomic E-state index is 13.8. The Bertz CT molecular complexity index is 1570. The molecule has 0 unspecified atom stereocenters. The second kappa shape index (κ2) is 9.13. The highest BCUT2D eigenvalue weighted by molar-refractivity contribution is 6.30. The number of anilines is 2. The van der Waals surface area contributed by atoms with Gasteiger partial charge in [0.05, 0.1) is 17.6 Å². The van der Waals surface area contributed by atoms with Gasteiger partial charge in [-0.2, -0.15) is 10.1 Å². The minimum Gasteiger partial charge on any atom is -0.368 e. The zero-order valence-corrected chi connectivity index (χ0v) is 20.0. The standard InChI is InChI=1S/C27H22ClFN6O/c28-19-6-10-22(11-7-19)34-26(36)24-18-30-35(23-4-2-1-3-5-23)25(24)31-27(34)33-16-14-32(15-17-33)21-12-8-20(29)9-13-21/h1-13,18H,14-17H2. The van der Waals surface area contributed by atoms with Crippen molar-refractivity contribution in [3.8, 4) is 11.4 Å². The van der Waals surface area contributed by atoms with Gasteiger partial charge in [-0.15, -0.1) is 0 Å². The number of hydrogen-bond acceptors (Lipinski definition) is 5. The minimum atomic E-state index is -0.253. The summed E-state index contributed by atoms with van der Waals surface area (Å²) in [6, 6.07) is 23.3. The predicted octanol–water partition coefficient (Wildman–Crippen LogP) is 4.69. The molecule has 0 spiro atoms. The molecular weight excluding hydrogens is 479 g/mol. The van der Waals surface area contributed by atoms with Gasteiger partial charge in [-0.3, -0.25) is 4.79 Å². The number of halogens is 2. The van der Waals surface area contributed by atoms with Crippen molar-refractivity contribution in [3.05, 3.63) is 106 Å². The van der Waals surface area contributed by atoms with E-state index in [1.807, 2.05) is 42.5 Å². The normalized spacial score (nSPS) is 13.9. The van der Waals surface area contributed by atoms with Crippen molar-refractivity contribution in [1.29, 1.82) is 0 Å². The maximum atomic E-state index is 13.8. The van der Waals surface area contributed by atoms with E-state index in [1.54, 1.807) is 39.7 Å². The second-order valence-electron chi connectivity index (χ2n) is 8.61. The molecule has 1 aliphatic heterocycles. The highest BCUT2D eigenvalue weighted by Gasteiger charge is 2.25. The molecule has 3 aromatic carbocycles. The first-order valence-electron chi connectivity index (χ1n) is 11.7. The Balaban J connectivity index is 1.44. The Kier molecular flexibility index (Phi) is 5.65. The summed E-state index contributed by atoms with van der Waals surface area (Å²) in [6.07, 6.45) is 1.57. The molecule has 0 amide bonds. The van der Waals surface area contributed by atoms with Gasteiger partial charge in [0.1, 0.15) is 11.2 Å². The SMILES string of the molecule is O=c1c2cnn(-c3ccccc3)c2nc(N2CCN(c3ccc(F)cc3)CC2)n1-c1ccc(Cl)cc1. The van der Waals surface area contributed by atoms with Gasteiger partial charge >= 0.3 is 0 Å². The van der Waals surface area contributed by atoms with Gasteiger partial charge in [-0.25, -0.2) is 13.6 Å². The Morgan fingerprint density at radius 3 is 2.08 bits per heavy atom. The van der Waals surface area contributed by atoms with Crippen LogP contribution >= 0.6 is 11.6 Å². The third-order valence-corrected chi connectivity index (χ3v) is 6.68. The van der Waals surface area contributed by atoms with Gasteiger partial charge in [0.25, 0.3) is 5.56 Å². The number of rotatable bonds is 4. The number of aromatic nitrogens is 4. The van der Waals surface area contributed by atoms with E-state index in [0.717, 1.165) is 11.4 Å². The number of fused-ring (bicyclic) bond motifs is 1. The summed E-state index contributed by atoms with van der Waals surface area (Å²) in [5.74, 6) is 0.295. The van der Waals surface area contributed by atoms with Crippen molar-refractivity contribution in [3.63, 3.8) is 0 Å². The molecule has 9 heteroatoms. The molecule has 0 radical (unpaired) electrons. The smallest absolute Gasteiger partial charge is 0.270 e. The van der Waals surface area contributed by atoms with E-state index in [4.69, 9.17) is 16.6 Å². The summed E-state index contributed by atoms with van der Waals surface area (Å²) in [5.41, 5.74) is 2.79. The Labute approximate surface area is 211 Å². The molecule has 0 N–H and O–H groups in total. The third-order valence-electron chi connectivity index (χ3n) is 6.42. The largest absolute Gasteiger partial charge is 0.368 e. The fourth-order valence-electron chi connectivity index (χ4n) is 4.57. The molecule has 2 aromatic heterocycles. The van der Waals surface area contributed by atoms with E-state index in [2.05, 4.69) is 14.9 Å². The molecule has 1 aliphatic rings. The second-order valence-corrected chi connectivity index (χ2v) is 9.04. The molecular formula is C27H22ClFN6O. The molecule has 5 aromatic rings. The summed E-state index contributed by atoms with van der Waals surface area (Å²) in [5, 5.41) is 5.51. The van der Waals surface area contributed by atoms with Gasteiger partial charge < -0.3 is 9.80 Å². The summed E-state index contributed by atoms with van der Waals surface area (Å²) in [4.78, 5) is 23.1. The zero-order valence-electron chi connectivity index (χ0n) is 19.3. The van der Waals surface area contributed by atoms with Crippen molar-refractivity contribution >= 4 is 34.3 Å². The quantitative estimate of drug-likeness (QED) is 0.358. The summed E-state index contributed by atoms with van der Waals surface area (Å²) < 4.78 is 16.7. The lowest BCUT2D eigenvalue weighted by Gasteiger charge is -2.37. The Hall–Kier alpha value is -4.17. The first kappa shape index (κ1) is 22.3. The molecule has 1 fully saturated rings. The van der Waals surface area contributed by atoms with Crippen LogP contribution in [-0.2, 0) is 0 Å². The summed E-state index contributed by atoms with van der Waals surface area (Å²) >= 11 is 6.12. The predicted molar refractivity (Wildman–Crippen MR) is 140 cm³/mol. The molecule has 0 atom stereocenters. The fourth-order valence-corrected chi connectivity index (χ4v) is 4.69. The van der Waals surface area contributed by atoms with Gasteiger partial charge in [-0.1, -0.05) is 29.8 Å². The van der Waals surface area contributed by atoms with Gasteiger partial charge in [0.2, 0.25) is 5.95 Å². The third kappa shape index (κ3) is 3.99. The van der Waals surface area contributed by atoms with Crippen LogP contribution in [-0.4, -0.2) is 45.5 Å². The lowest BCUT2D eigenvalue weighted by Crippen LogP contribution is -2.48. The van der Waals surface area contributed by atoms with E-state index in [9.17, 15) is 9.18 Å². The van der Waals surface area contributed by atoms with Crippen LogP contribution in [0, 0.1) is 5.82 Å². The van der Waals surface area contributed by atoms with Crippen LogP contribution in [0.25, 0.3) is 22.4 Å². The molecule has 0 bridgehead atoms. The van der Waals surface area contributed by atoms with Gasteiger partial charge in [0, 0.05) is 36.9 Å². The maximum Gasteiger partial charge on any atom is 0.270 e. The molecule has 0 aliphatic carbocycles. The Morgan fingerprint density at radius 2 is 1.39 bits per heavy atom. The van der Waals surface area contributed by atoms with E-state index in [1.165, 1.54) is 12.1 Å². The van der Waals surface area contributed by atoms with Crippen LogP contribution in [0.1, 0.15) is 0 Å². The van der Waals surface area contributed by atoms with Crippen molar-refractivity contribution in [2.75, 3.05) is 36.0 Å². The summed E-state index contributed by atoms with van der Waals surface area (Å²) in [7, 11) is 0. The molecule has 7 nitrogen and oxygen atoms in total. The molecule has 6 rings (SSSR count). The number of hydrogen-bond donors (Lipinski definition) is 0. The average molecular weight is 501 g/mol. The lowest BCUT2D eigenvalue weighted by molar-refractivity contribution is 0.620. The van der Waals surface area contributed by atoms with E-state index < -0.39 is 0 Å². The van der Waals surface area contributed by atoms with E-state index in [-0.39, 0.29) is 11.4 Å². The fraction of sp³-hybridized carbons (Fsp3) is 0.148. The van der Waals surface area contributed by atoms with Crippen LogP contribution in [0.3, 0.4) is 0 Å². The van der Waals surface area contributed by atoms with Crippen molar-refractivity contribution in [2.45, 2.75) is 0 Å². The molecule has 3 heterocycles.